The number of urea groups is 1. The average Bonchev–Trinajstić information content (AvgIpc) is 3.11. The number of carbonyl (C=O) groups excluding carboxylic acids is 3. The highest BCUT2D eigenvalue weighted by Crippen LogP contribution is 2.39. The van der Waals surface area contributed by atoms with Crippen LogP contribution >= 0.6 is 0 Å². The predicted octanol–water partition coefficient (Wildman–Crippen LogP) is 2.43. The van der Waals surface area contributed by atoms with Gasteiger partial charge < -0.3 is 30.1 Å². The number of nitrogens with zero attached hydrogens (tertiary/aromatic N) is 3. The molecular weight excluding hydrogens is 446 g/mol. The molecule has 2 heterocycles. The Labute approximate surface area is 206 Å². The summed E-state index contributed by atoms with van der Waals surface area (Å²) in [4.78, 5) is 44.5. The van der Waals surface area contributed by atoms with Gasteiger partial charge in [-0.25, -0.2) is 4.79 Å². The minimum Gasteiger partial charge on any atom is -0.383 e. The monoisotopic (exact) mass is 479 g/mol. The number of anilines is 2. The van der Waals surface area contributed by atoms with Gasteiger partial charge in [0.05, 0.1) is 13.3 Å². The summed E-state index contributed by atoms with van der Waals surface area (Å²) in [6.07, 6.45) is 0.980. The number of benzene rings is 2. The topological polar surface area (TPSA) is 94.2 Å². The van der Waals surface area contributed by atoms with Crippen LogP contribution in [-0.2, 0) is 14.3 Å². The van der Waals surface area contributed by atoms with Crippen LogP contribution in [0.2, 0.25) is 0 Å². The second-order valence-electron chi connectivity index (χ2n) is 9.07. The van der Waals surface area contributed by atoms with Gasteiger partial charge in [0, 0.05) is 38.1 Å². The number of rotatable bonds is 7. The van der Waals surface area contributed by atoms with Gasteiger partial charge in [0.2, 0.25) is 5.91 Å². The molecule has 2 aliphatic heterocycles. The molecule has 0 aromatic heterocycles. The number of para-hydroxylation sites is 1. The number of carbonyl (C=O) groups is 3. The number of piperidine rings is 1. The van der Waals surface area contributed by atoms with Gasteiger partial charge in [0.15, 0.2) is 0 Å². The van der Waals surface area contributed by atoms with Gasteiger partial charge in [-0.05, 0) is 49.6 Å². The first-order chi connectivity index (χ1) is 16.9. The molecule has 9 heteroatoms. The fourth-order valence-electron chi connectivity index (χ4n) is 4.85. The van der Waals surface area contributed by atoms with E-state index in [1.165, 1.54) is 0 Å². The highest BCUT2D eigenvalue weighted by molar-refractivity contribution is 5.97. The molecule has 2 saturated heterocycles. The number of aryl methyl sites for hydroxylation is 1. The summed E-state index contributed by atoms with van der Waals surface area (Å²) in [7, 11) is 1.57. The summed E-state index contributed by atoms with van der Waals surface area (Å²) >= 11 is 0. The zero-order valence-electron chi connectivity index (χ0n) is 20.3. The summed E-state index contributed by atoms with van der Waals surface area (Å²) in [6.45, 7) is 4.01. The van der Waals surface area contributed by atoms with Crippen LogP contribution in [0.5, 0.6) is 0 Å². The number of hydrogen-bond acceptors (Lipinski definition) is 5. The SMILES string of the molecule is COCCNC(=O)CN1CN(c2ccccc2)C2(CCN(C(=O)Nc3cccc(C)c3)CC2)C1=O. The number of amides is 4. The number of methoxy groups -OCH3 is 1. The molecule has 4 amide bonds. The maximum Gasteiger partial charge on any atom is 0.321 e. The molecule has 2 fully saturated rings. The third kappa shape index (κ3) is 5.40. The number of ether oxygens (including phenoxy) is 1. The van der Waals surface area contributed by atoms with E-state index in [4.69, 9.17) is 4.74 Å². The van der Waals surface area contributed by atoms with Crippen molar-refractivity contribution in [1.82, 2.24) is 15.1 Å². The fourth-order valence-corrected chi connectivity index (χ4v) is 4.85. The Balaban J connectivity index is 1.47. The smallest absolute Gasteiger partial charge is 0.321 e. The first-order valence-electron chi connectivity index (χ1n) is 11.9. The molecule has 0 saturated carbocycles. The van der Waals surface area contributed by atoms with Crippen LogP contribution in [0.3, 0.4) is 0 Å². The maximum absolute atomic E-state index is 13.7. The predicted molar refractivity (Wildman–Crippen MR) is 134 cm³/mol. The largest absolute Gasteiger partial charge is 0.383 e. The lowest BCUT2D eigenvalue weighted by atomic mass is 9.85. The minimum atomic E-state index is -0.783. The Morgan fingerprint density at radius 2 is 1.80 bits per heavy atom. The maximum atomic E-state index is 13.7. The van der Waals surface area contributed by atoms with Crippen LogP contribution in [0.4, 0.5) is 16.2 Å². The normalized spacial score (nSPS) is 17.1. The van der Waals surface area contributed by atoms with Gasteiger partial charge in [-0.2, -0.15) is 0 Å². The molecule has 2 N–H and O–H groups in total. The molecule has 0 aliphatic carbocycles. The first-order valence-corrected chi connectivity index (χ1v) is 11.9. The third-order valence-corrected chi connectivity index (χ3v) is 6.69. The molecular formula is C26H33N5O4. The summed E-state index contributed by atoms with van der Waals surface area (Å²) in [5, 5.41) is 5.75. The molecule has 9 nitrogen and oxygen atoms in total. The zero-order chi connectivity index (χ0) is 24.8. The van der Waals surface area contributed by atoms with Gasteiger partial charge in [-0.1, -0.05) is 30.3 Å². The molecule has 0 atom stereocenters. The van der Waals surface area contributed by atoms with Crippen molar-refractivity contribution in [3.8, 4) is 0 Å². The lowest BCUT2D eigenvalue weighted by molar-refractivity contribution is -0.137. The zero-order valence-corrected chi connectivity index (χ0v) is 20.3. The fraction of sp³-hybridized carbons (Fsp3) is 0.423. The Bertz CT molecular complexity index is 1050. The molecule has 0 bridgehead atoms. The third-order valence-electron chi connectivity index (χ3n) is 6.69. The van der Waals surface area contributed by atoms with Gasteiger partial charge in [-0.15, -0.1) is 0 Å². The van der Waals surface area contributed by atoms with Crippen LogP contribution in [0.25, 0.3) is 0 Å². The Kier molecular flexibility index (Phi) is 7.55. The van der Waals surface area contributed by atoms with Crippen molar-refractivity contribution in [2.75, 3.05) is 56.8 Å². The van der Waals surface area contributed by atoms with Gasteiger partial charge >= 0.3 is 6.03 Å². The van der Waals surface area contributed by atoms with Crippen molar-refractivity contribution < 1.29 is 19.1 Å². The van der Waals surface area contributed by atoms with Crippen molar-refractivity contribution in [2.45, 2.75) is 25.3 Å². The van der Waals surface area contributed by atoms with Gasteiger partial charge in [-0.3, -0.25) is 9.59 Å². The number of nitrogens with one attached hydrogen (secondary N) is 2. The first kappa shape index (κ1) is 24.5. The summed E-state index contributed by atoms with van der Waals surface area (Å²) in [5.41, 5.74) is 1.97. The Morgan fingerprint density at radius 3 is 2.49 bits per heavy atom. The van der Waals surface area contributed by atoms with E-state index < -0.39 is 5.54 Å². The molecule has 2 aliphatic rings. The number of hydrogen-bond donors (Lipinski definition) is 2. The molecule has 186 valence electrons. The van der Waals surface area contributed by atoms with Crippen molar-refractivity contribution in [1.29, 1.82) is 0 Å². The molecule has 1 spiro atoms. The molecule has 4 rings (SSSR count). The van der Waals surface area contributed by atoms with E-state index in [1.54, 1.807) is 16.9 Å². The van der Waals surface area contributed by atoms with Crippen molar-refractivity contribution in [2.24, 2.45) is 0 Å². The van der Waals surface area contributed by atoms with Gasteiger partial charge in [0.1, 0.15) is 12.1 Å². The van der Waals surface area contributed by atoms with Gasteiger partial charge in [0.25, 0.3) is 5.91 Å². The quantitative estimate of drug-likeness (QED) is 0.595. The van der Waals surface area contributed by atoms with E-state index in [-0.39, 0.29) is 24.4 Å². The van der Waals surface area contributed by atoms with Crippen LogP contribution in [-0.4, -0.2) is 79.7 Å². The summed E-state index contributed by atoms with van der Waals surface area (Å²) in [5.74, 6) is -0.280. The summed E-state index contributed by atoms with van der Waals surface area (Å²) in [6, 6.07) is 17.3. The van der Waals surface area contributed by atoms with Crippen LogP contribution in [0.1, 0.15) is 18.4 Å². The highest BCUT2D eigenvalue weighted by atomic mass is 16.5. The van der Waals surface area contributed by atoms with E-state index in [1.807, 2.05) is 61.5 Å². The standard InChI is InChI=1S/C26H33N5O4/c1-20-7-6-8-21(17-20)28-25(34)29-14-11-26(12-15-29)24(33)30(18-23(32)27-13-16-35-2)19-31(26)22-9-4-3-5-10-22/h3-10,17H,11-16,18-19H2,1-2H3,(H,27,32)(H,28,34). The van der Waals surface area contributed by atoms with E-state index in [2.05, 4.69) is 15.5 Å². The Morgan fingerprint density at radius 1 is 1.06 bits per heavy atom. The van der Waals surface area contributed by atoms with Crippen LogP contribution < -0.4 is 15.5 Å². The van der Waals surface area contributed by atoms with Crippen molar-refractivity contribution in [3.63, 3.8) is 0 Å². The molecule has 2 aromatic rings. The highest BCUT2D eigenvalue weighted by Gasteiger charge is 2.54. The van der Waals surface area contributed by atoms with E-state index >= 15 is 0 Å². The van der Waals surface area contributed by atoms with Crippen LogP contribution in [0.15, 0.2) is 54.6 Å². The Hall–Kier alpha value is -3.59. The molecule has 0 unspecified atom stereocenters. The van der Waals surface area contributed by atoms with Crippen molar-refractivity contribution in [3.05, 3.63) is 60.2 Å². The van der Waals surface area contributed by atoms with E-state index in [0.717, 1.165) is 16.9 Å². The van der Waals surface area contributed by atoms with Crippen molar-refractivity contribution >= 4 is 29.2 Å². The van der Waals surface area contributed by atoms with E-state index in [9.17, 15) is 14.4 Å². The lowest BCUT2D eigenvalue weighted by Gasteiger charge is -2.43. The second kappa shape index (κ2) is 10.8. The van der Waals surface area contributed by atoms with E-state index in [0.29, 0.717) is 45.8 Å². The second-order valence-corrected chi connectivity index (χ2v) is 9.07. The molecule has 2 aromatic carbocycles. The van der Waals surface area contributed by atoms with Crippen LogP contribution in [0, 0.1) is 6.92 Å². The number of likely N-dealkylation sites (tertiary alicyclic amines) is 1. The lowest BCUT2D eigenvalue weighted by Crippen LogP contribution is -2.58. The molecule has 0 radical (unpaired) electrons. The molecule has 35 heavy (non-hydrogen) atoms. The summed E-state index contributed by atoms with van der Waals surface area (Å²) < 4.78 is 4.98. The average molecular weight is 480 g/mol. The minimum absolute atomic E-state index is 0.00874.